The van der Waals surface area contributed by atoms with E-state index >= 15 is 0 Å². The van der Waals surface area contributed by atoms with Crippen LogP contribution < -0.4 is 5.32 Å². The molecule has 3 rings (SSSR count). The summed E-state index contributed by atoms with van der Waals surface area (Å²) in [6.45, 7) is 2.25. The largest absolute Gasteiger partial charge is 0.349 e. The normalized spacial score (nSPS) is 22.6. The number of amides is 1. The topological polar surface area (TPSA) is 72.7 Å². The molecule has 0 bridgehead atoms. The molecule has 1 saturated carbocycles. The summed E-state index contributed by atoms with van der Waals surface area (Å²) in [5.41, 5.74) is 0.737. The fraction of sp³-hybridized carbons (Fsp3) is 0.538. The van der Waals surface area contributed by atoms with Gasteiger partial charge in [0, 0.05) is 6.04 Å². The Hall–Kier alpha value is -1.76. The summed E-state index contributed by atoms with van der Waals surface area (Å²) in [6.07, 6.45) is 6.10. The van der Waals surface area contributed by atoms with Crippen LogP contribution in [-0.2, 0) is 0 Å². The van der Waals surface area contributed by atoms with Crippen molar-refractivity contribution in [3.8, 4) is 5.69 Å². The van der Waals surface area contributed by atoms with Crippen LogP contribution in [0.1, 0.15) is 42.3 Å². The first-order chi connectivity index (χ1) is 9.74. The van der Waals surface area contributed by atoms with Crippen molar-refractivity contribution in [3.63, 3.8) is 0 Å². The number of nitrogens with one attached hydrogen (secondary N) is 1. The van der Waals surface area contributed by atoms with Crippen molar-refractivity contribution in [2.24, 2.45) is 5.92 Å². The van der Waals surface area contributed by atoms with E-state index in [-0.39, 0.29) is 11.9 Å². The standard InChI is InChI=1S/C13H17N5OS/c1-9-3-2-4-10(7-9)15-13(19)12-11(5-6-20-12)18-8-14-16-17-18/h5-6,8-10H,2-4,7H2,1H3,(H,15,19)/t9-,10+/m1/s1. The summed E-state index contributed by atoms with van der Waals surface area (Å²) in [7, 11) is 0. The number of tetrazole rings is 1. The second-order valence-corrected chi connectivity index (χ2v) is 6.25. The predicted molar refractivity (Wildman–Crippen MR) is 75.9 cm³/mol. The molecule has 0 aliphatic heterocycles. The Morgan fingerprint density at radius 2 is 2.40 bits per heavy atom. The number of aromatic nitrogens is 4. The minimum Gasteiger partial charge on any atom is -0.349 e. The van der Waals surface area contributed by atoms with E-state index in [9.17, 15) is 4.79 Å². The van der Waals surface area contributed by atoms with Crippen LogP contribution in [-0.4, -0.2) is 32.2 Å². The molecule has 2 heterocycles. The maximum Gasteiger partial charge on any atom is 0.263 e. The zero-order valence-corrected chi connectivity index (χ0v) is 12.1. The van der Waals surface area contributed by atoms with Crippen LogP contribution in [0, 0.1) is 5.92 Å². The van der Waals surface area contributed by atoms with E-state index in [0.29, 0.717) is 10.8 Å². The number of nitrogens with zero attached hydrogens (tertiary/aromatic N) is 4. The summed E-state index contributed by atoms with van der Waals surface area (Å²) < 4.78 is 1.52. The van der Waals surface area contributed by atoms with Crippen molar-refractivity contribution in [2.75, 3.05) is 0 Å². The van der Waals surface area contributed by atoms with Gasteiger partial charge in [-0.05, 0) is 40.6 Å². The van der Waals surface area contributed by atoms with Crippen molar-refractivity contribution < 1.29 is 4.79 Å². The lowest BCUT2D eigenvalue weighted by Crippen LogP contribution is -2.38. The summed E-state index contributed by atoms with van der Waals surface area (Å²) in [6, 6.07) is 2.15. The zero-order chi connectivity index (χ0) is 13.9. The van der Waals surface area contributed by atoms with Gasteiger partial charge < -0.3 is 5.32 Å². The van der Waals surface area contributed by atoms with Crippen LogP contribution in [0.3, 0.4) is 0 Å². The first-order valence-corrected chi connectivity index (χ1v) is 7.73. The molecule has 2 aromatic heterocycles. The number of carbonyl (C=O) groups excluding carboxylic acids is 1. The minimum atomic E-state index is -0.0235. The highest BCUT2D eigenvalue weighted by Gasteiger charge is 2.23. The Kier molecular flexibility index (Phi) is 3.77. The van der Waals surface area contributed by atoms with Gasteiger partial charge in [0.15, 0.2) is 0 Å². The fourth-order valence-electron chi connectivity index (χ4n) is 2.74. The summed E-state index contributed by atoms with van der Waals surface area (Å²) in [5, 5.41) is 16.1. The highest BCUT2D eigenvalue weighted by molar-refractivity contribution is 7.12. The molecule has 1 fully saturated rings. The number of rotatable bonds is 3. The molecular weight excluding hydrogens is 274 g/mol. The van der Waals surface area contributed by atoms with E-state index in [0.717, 1.165) is 18.5 Å². The van der Waals surface area contributed by atoms with Gasteiger partial charge in [0.2, 0.25) is 0 Å². The maximum atomic E-state index is 12.4. The van der Waals surface area contributed by atoms with E-state index in [1.165, 1.54) is 35.2 Å². The van der Waals surface area contributed by atoms with E-state index in [1.54, 1.807) is 0 Å². The molecule has 6 nitrogen and oxygen atoms in total. The molecule has 1 N–H and O–H groups in total. The zero-order valence-electron chi connectivity index (χ0n) is 11.3. The quantitative estimate of drug-likeness (QED) is 0.939. The molecule has 7 heteroatoms. The molecule has 1 aliphatic rings. The second kappa shape index (κ2) is 5.70. The van der Waals surface area contributed by atoms with Crippen molar-refractivity contribution in [2.45, 2.75) is 38.6 Å². The average Bonchev–Trinajstić information content (AvgIpc) is 3.09. The van der Waals surface area contributed by atoms with Gasteiger partial charge in [-0.15, -0.1) is 16.4 Å². The van der Waals surface area contributed by atoms with Gasteiger partial charge in [0.1, 0.15) is 11.2 Å². The number of hydrogen-bond acceptors (Lipinski definition) is 5. The maximum absolute atomic E-state index is 12.4. The van der Waals surface area contributed by atoms with Crippen molar-refractivity contribution in [1.29, 1.82) is 0 Å². The fourth-order valence-corrected chi connectivity index (χ4v) is 3.52. The van der Waals surface area contributed by atoms with Crippen molar-refractivity contribution in [1.82, 2.24) is 25.5 Å². The van der Waals surface area contributed by atoms with Crippen LogP contribution in [0.25, 0.3) is 5.69 Å². The molecule has 0 saturated heterocycles. The van der Waals surface area contributed by atoms with E-state index in [4.69, 9.17) is 0 Å². The molecule has 106 valence electrons. The van der Waals surface area contributed by atoms with Crippen LogP contribution in [0.4, 0.5) is 0 Å². The summed E-state index contributed by atoms with van der Waals surface area (Å²) in [5.74, 6) is 0.668. The molecule has 20 heavy (non-hydrogen) atoms. The molecule has 0 spiro atoms. The van der Waals surface area contributed by atoms with E-state index < -0.39 is 0 Å². The lowest BCUT2D eigenvalue weighted by molar-refractivity contribution is 0.0925. The third-order valence-electron chi connectivity index (χ3n) is 3.72. The molecule has 2 aromatic rings. The Balaban J connectivity index is 1.73. The Morgan fingerprint density at radius 1 is 1.50 bits per heavy atom. The SMILES string of the molecule is C[C@@H]1CCC[C@H](NC(=O)c2sccc2-n2cnnn2)C1. The third kappa shape index (κ3) is 2.72. The number of carbonyl (C=O) groups is 1. The molecule has 1 amide bonds. The van der Waals surface area contributed by atoms with E-state index in [2.05, 4.69) is 27.8 Å². The van der Waals surface area contributed by atoms with Crippen LogP contribution in [0.15, 0.2) is 17.8 Å². The van der Waals surface area contributed by atoms with Gasteiger partial charge in [-0.25, -0.2) is 0 Å². The molecule has 0 unspecified atom stereocenters. The van der Waals surface area contributed by atoms with Crippen LogP contribution in [0.2, 0.25) is 0 Å². The summed E-state index contributed by atoms with van der Waals surface area (Å²) >= 11 is 1.42. The van der Waals surface area contributed by atoms with Gasteiger partial charge in [-0.2, -0.15) is 4.68 Å². The molecule has 2 atom stereocenters. The Bertz CT molecular complexity index is 579. The first-order valence-electron chi connectivity index (χ1n) is 6.85. The van der Waals surface area contributed by atoms with Gasteiger partial charge in [0.05, 0.1) is 5.69 Å². The molecular formula is C13H17N5OS. The Morgan fingerprint density at radius 3 is 3.15 bits per heavy atom. The minimum absolute atomic E-state index is 0.0235. The van der Waals surface area contributed by atoms with Crippen LogP contribution in [0.5, 0.6) is 0 Å². The smallest absolute Gasteiger partial charge is 0.263 e. The lowest BCUT2D eigenvalue weighted by atomic mass is 9.87. The van der Waals surface area contributed by atoms with Gasteiger partial charge in [0.25, 0.3) is 5.91 Å². The number of hydrogen-bond donors (Lipinski definition) is 1. The van der Waals surface area contributed by atoms with Gasteiger partial charge in [-0.3, -0.25) is 4.79 Å². The summed E-state index contributed by atoms with van der Waals surface area (Å²) in [4.78, 5) is 13.1. The first kappa shape index (κ1) is 13.2. The van der Waals surface area contributed by atoms with Gasteiger partial charge >= 0.3 is 0 Å². The van der Waals surface area contributed by atoms with Gasteiger partial charge in [-0.1, -0.05) is 19.8 Å². The van der Waals surface area contributed by atoms with Crippen molar-refractivity contribution in [3.05, 3.63) is 22.7 Å². The predicted octanol–water partition coefficient (Wildman–Crippen LogP) is 2.03. The average molecular weight is 291 g/mol. The monoisotopic (exact) mass is 291 g/mol. The Labute approximate surface area is 121 Å². The second-order valence-electron chi connectivity index (χ2n) is 5.33. The highest BCUT2D eigenvalue weighted by Crippen LogP contribution is 2.25. The molecule has 0 radical (unpaired) electrons. The molecule has 0 aromatic carbocycles. The van der Waals surface area contributed by atoms with Crippen molar-refractivity contribution >= 4 is 17.2 Å². The third-order valence-corrected chi connectivity index (χ3v) is 4.62. The number of thiophene rings is 1. The molecule has 1 aliphatic carbocycles. The van der Waals surface area contributed by atoms with E-state index in [1.807, 2.05) is 11.4 Å². The highest BCUT2D eigenvalue weighted by atomic mass is 32.1. The van der Waals surface area contributed by atoms with Crippen LogP contribution >= 0.6 is 11.3 Å². The lowest BCUT2D eigenvalue weighted by Gasteiger charge is -2.27.